The Bertz CT molecular complexity index is 1310. The Hall–Kier alpha value is -3.49. The van der Waals surface area contributed by atoms with Crippen molar-refractivity contribution in [2.45, 2.75) is 29.4 Å². The molecule has 5 rings (SSSR count). The van der Waals surface area contributed by atoms with Crippen LogP contribution >= 0.6 is 11.8 Å². The molecule has 2 aliphatic heterocycles. The summed E-state index contributed by atoms with van der Waals surface area (Å²) in [7, 11) is 0. The Morgan fingerprint density at radius 1 is 1.30 bits per heavy atom. The van der Waals surface area contributed by atoms with E-state index in [9.17, 15) is 27.2 Å². The maximum atomic E-state index is 15.1. The van der Waals surface area contributed by atoms with E-state index in [0.29, 0.717) is 0 Å². The van der Waals surface area contributed by atoms with Gasteiger partial charge in [0.1, 0.15) is 22.9 Å². The number of rotatable bonds is 7. The summed E-state index contributed by atoms with van der Waals surface area (Å²) in [4.78, 5) is 38.7. The summed E-state index contributed by atoms with van der Waals surface area (Å²) in [5.41, 5.74) is 4.79. The van der Waals surface area contributed by atoms with Gasteiger partial charge in [0.15, 0.2) is 11.8 Å². The van der Waals surface area contributed by atoms with Crippen molar-refractivity contribution in [3.8, 4) is 5.88 Å². The Balaban J connectivity index is 1.36. The third-order valence-corrected chi connectivity index (χ3v) is 7.91. The summed E-state index contributed by atoms with van der Waals surface area (Å²) in [6, 6.07) is 3.45. The quantitative estimate of drug-likeness (QED) is 0.407. The summed E-state index contributed by atoms with van der Waals surface area (Å²) in [6.45, 7) is -0.703. The van der Waals surface area contributed by atoms with Crippen molar-refractivity contribution in [2.24, 2.45) is 16.6 Å². The van der Waals surface area contributed by atoms with Gasteiger partial charge in [0, 0.05) is 23.7 Å². The van der Waals surface area contributed by atoms with E-state index in [1.165, 1.54) is 17.0 Å². The lowest BCUT2D eigenvalue weighted by atomic mass is 9.85. The van der Waals surface area contributed by atoms with Crippen molar-refractivity contribution in [3.05, 3.63) is 47.7 Å². The number of amides is 2. The van der Waals surface area contributed by atoms with Gasteiger partial charge in [0.05, 0.1) is 24.0 Å². The van der Waals surface area contributed by atoms with E-state index >= 15 is 4.39 Å². The average molecular weight is 542 g/mol. The van der Waals surface area contributed by atoms with Crippen molar-refractivity contribution >= 4 is 34.4 Å². The molecule has 1 aromatic heterocycles. The number of nitrogens with zero attached hydrogens (tertiary/aromatic N) is 4. The summed E-state index contributed by atoms with van der Waals surface area (Å²) in [5, 5.41) is 2.63. The van der Waals surface area contributed by atoms with Gasteiger partial charge >= 0.3 is 6.18 Å². The number of hydrogen-bond acceptors (Lipinski definition) is 8. The molecule has 2 fully saturated rings. The topological polar surface area (TPSA) is 123 Å². The predicted octanol–water partition coefficient (Wildman–Crippen LogP) is 2.63. The number of amidine groups is 1. The van der Waals surface area contributed by atoms with Crippen LogP contribution in [0, 0.1) is 11.7 Å². The minimum atomic E-state index is -4.56. The monoisotopic (exact) mass is 542 g/mol. The zero-order chi connectivity index (χ0) is 26.8. The number of thioether (sulfide) groups is 1. The third kappa shape index (κ3) is 4.04. The Kier molecular flexibility index (Phi) is 5.80. The van der Waals surface area contributed by atoms with Gasteiger partial charge in [-0.3, -0.25) is 14.6 Å². The normalized spacial score (nSPS) is 28.0. The highest BCUT2D eigenvalue weighted by Gasteiger charge is 2.87. The number of benzene rings is 1. The molecule has 2 aromatic rings. The number of halogens is 5. The fourth-order valence-corrected chi connectivity index (χ4v) is 6.69. The van der Waals surface area contributed by atoms with Gasteiger partial charge in [-0.25, -0.2) is 18.7 Å². The molecule has 3 aliphatic rings. The van der Waals surface area contributed by atoms with Gasteiger partial charge in [-0.1, -0.05) is 11.8 Å². The second-order valence-corrected chi connectivity index (χ2v) is 10.2. The van der Waals surface area contributed by atoms with Gasteiger partial charge in [0.25, 0.3) is 5.91 Å². The lowest BCUT2D eigenvalue weighted by molar-refractivity contribution is -0.154. The number of β-lactam (4-membered cyclic amide) rings is 1. The van der Waals surface area contributed by atoms with E-state index < -0.39 is 53.3 Å². The van der Waals surface area contributed by atoms with Crippen molar-refractivity contribution in [2.75, 3.05) is 25.1 Å². The average Bonchev–Trinajstić information content (AvgIpc) is 3.46. The first kappa shape index (κ1) is 25.2. The van der Waals surface area contributed by atoms with Gasteiger partial charge in [-0.15, -0.1) is 0 Å². The van der Waals surface area contributed by atoms with Crippen molar-refractivity contribution in [1.82, 2.24) is 14.9 Å². The zero-order valence-electron chi connectivity index (χ0n) is 19.1. The number of alkyl halides is 4. The van der Waals surface area contributed by atoms with Crippen molar-refractivity contribution < 1.29 is 36.3 Å². The summed E-state index contributed by atoms with van der Waals surface area (Å²) in [5.74, 6) is -2.53. The van der Waals surface area contributed by atoms with Crippen LogP contribution in [0.5, 0.6) is 5.88 Å². The number of carbonyl (C=O) groups is 2. The largest absolute Gasteiger partial charge is 0.467 e. The van der Waals surface area contributed by atoms with Crippen LogP contribution in [-0.2, 0) is 10.3 Å². The maximum absolute atomic E-state index is 15.1. The molecule has 1 saturated heterocycles. The van der Waals surface area contributed by atoms with Crippen LogP contribution in [0.4, 0.5) is 27.6 Å². The van der Waals surface area contributed by atoms with Gasteiger partial charge in [-0.05, 0) is 25.1 Å². The molecule has 1 spiro atoms. The third-order valence-electron chi connectivity index (χ3n) is 6.60. The van der Waals surface area contributed by atoms with Crippen LogP contribution in [0.25, 0.3) is 0 Å². The SMILES string of the molecule is C[C@]1(c2cc(NC(=O)c3cnc(OCC(F)(F)F)cn3)ccc2F)N=C(N)S[C@@]23C(=O)N(CCF)C2[C@@H]13. The number of anilines is 1. The minimum absolute atomic E-state index is 0.0715. The maximum Gasteiger partial charge on any atom is 0.422 e. The Labute approximate surface area is 210 Å². The second kappa shape index (κ2) is 8.53. The van der Waals surface area contributed by atoms with Crippen LogP contribution in [-0.4, -0.2) is 68.6 Å². The summed E-state index contributed by atoms with van der Waals surface area (Å²) < 4.78 is 68.4. The standard InChI is InChI=1S/C22H19F5N6O3S/c1-20(15-16-22(15,37-19(28)32-20)18(35)33(16)5-4-23)11-6-10(2-3-12(11)24)31-17(34)13-7-30-14(8-29-13)36-9-21(25,26)27/h2-3,6-8,15-16H,4-5,9H2,1H3,(H2,28,32)(H,31,34)/t15-,16?,20+,22+/m0/s1. The van der Waals surface area contributed by atoms with E-state index in [-0.39, 0.29) is 40.6 Å². The molecule has 1 aromatic carbocycles. The predicted molar refractivity (Wildman–Crippen MR) is 122 cm³/mol. The molecule has 3 heterocycles. The Morgan fingerprint density at radius 2 is 2.05 bits per heavy atom. The molecule has 3 N–H and O–H groups in total. The molecule has 15 heteroatoms. The molecule has 0 bridgehead atoms. The number of fused-ring (bicyclic) bond motifs is 1. The lowest BCUT2D eigenvalue weighted by Crippen LogP contribution is -2.56. The number of hydrogen-bond donors (Lipinski definition) is 2. The van der Waals surface area contributed by atoms with E-state index in [1.807, 2.05) is 0 Å². The number of likely N-dealkylation sites (tertiary alicyclic amines) is 1. The van der Waals surface area contributed by atoms with Crippen LogP contribution in [0.2, 0.25) is 0 Å². The highest BCUT2D eigenvalue weighted by molar-refractivity contribution is 8.16. The molecule has 9 nitrogen and oxygen atoms in total. The fraction of sp³-hybridized carbons (Fsp3) is 0.409. The van der Waals surface area contributed by atoms with Crippen LogP contribution in [0.1, 0.15) is 23.0 Å². The number of carbonyl (C=O) groups excluding carboxylic acids is 2. The highest BCUT2D eigenvalue weighted by atomic mass is 32.2. The Morgan fingerprint density at radius 3 is 2.70 bits per heavy atom. The van der Waals surface area contributed by atoms with E-state index in [4.69, 9.17) is 5.73 Å². The molecule has 1 saturated carbocycles. The smallest absolute Gasteiger partial charge is 0.422 e. The van der Waals surface area contributed by atoms with Gasteiger partial charge < -0.3 is 20.7 Å². The number of ether oxygens (including phenoxy) is 1. The van der Waals surface area contributed by atoms with Crippen LogP contribution in [0.15, 0.2) is 35.6 Å². The van der Waals surface area contributed by atoms with E-state index in [2.05, 4.69) is 25.0 Å². The second-order valence-electron chi connectivity index (χ2n) is 8.90. The molecule has 0 radical (unpaired) electrons. The minimum Gasteiger partial charge on any atom is -0.467 e. The molecule has 4 atom stereocenters. The molecular formula is C22H19F5N6O3S. The first-order valence-electron chi connectivity index (χ1n) is 10.9. The highest BCUT2D eigenvalue weighted by Crippen LogP contribution is 2.73. The number of nitrogens with one attached hydrogen (secondary N) is 1. The molecule has 196 valence electrons. The number of nitrogens with two attached hydrogens (primary N) is 1. The van der Waals surface area contributed by atoms with Crippen molar-refractivity contribution in [1.29, 1.82) is 0 Å². The summed E-state index contributed by atoms with van der Waals surface area (Å²) >= 11 is 1.11. The molecule has 2 amide bonds. The van der Waals surface area contributed by atoms with Crippen molar-refractivity contribution in [3.63, 3.8) is 0 Å². The molecular weight excluding hydrogens is 523 g/mol. The number of aliphatic imine (C=N–C) groups is 1. The summed E-state index contributed by atoms with van der Waals surface area (Å²) in [6.07, 6.45) is -2.75. The zero-order valence-corrected chi connectivity index (χ0v) is 19.9. The lowest BCUT2D eigenvalue weighted by Gasteiger charge is -2.37. The molecule has 37 heavy (non-hydrogen) atoms. The van der Waals surface area contributed by atoms with Crippen LogP contribution in [0.3, 0.4) is 0 Å². The van der Waals surface area contributed by atoms with Gasteiger partial charge in [0.2, 0.25) is 11.8 Å². The fourth-order valence-electron chi connectivity index (χ4n) is 5.10. The van der Waals surface area contributed by atoms with E-state index in [0.717, 1.165) is 30.2 Å². The van der Waals surface area contributed by atoms with E-state index in [1.54, 1.807) is 6.92 Å². The first-order chi connectivity index (χ1) is 17.4. The molecule has 1 aliphatic carbocycles. The van der Waals surface area contributed by atoms with Gasteiger partial charge in [-0.2, -0.15) is 13.2 Å². The van der Waals surface area contributed by atoms with Crippen LogP contribution < -0.4 is 15.8 Å². The first-order valence-corrected chi connectivity index (χ1v) is 11.8. The number of aromatic nitrogens is 2. The molecule has 1 unspecified atom stereocenters.